The van der Waals surface area contributed by atoms with Gasteiger partial charge in [0.25, 0.3) is 0 Å². The molecule has 0 spiro atoms. The first-order valence-electron chi connectivity index (χ1n) is 16.4. The van der Waals surface area contributed by atoms with Crippen molar-refractivity contribution >= 4 is 5.71 Å². The maximum absolute atomic E-state index is 8.22. The molecule has 0 aliphatic carbocycles. The van der Waals surface area contributed by atoms with Gasteiger partial charge in [-0.3, -0.25) is 0 Å². The normalized spacial score (nSPS) is 11.4. The molecular weight excluding hydrogens is 410 g/mol. The Hall–Kier alpha value is -0.330. The van der Waals surface area contributed by atoms with Crippen LogP contribution in [0.5, 0.6) is 0 Å². The third-order valence-corrected chi connectivity index (χ3v) is 7.66. The third-order valence-electron chi connectivity index (χ3n) is 7.66. The fourth-order valence-electron chi connectivity index (χ4n) is 5.19. The lowest BCUT2D eigenvalue weighted by Gasteiger charge is -2.06. The van der Waals surface area contributed by atoms with Crippen LogP contribution in [0, 0.1) is 5.41 Å². The zero-order valence-electron chi connectivity index (χ0n) is 24.2. The van der Waals surface area contributed by atoms with Crippen LogP contribution in [0.15, 0.2) is 0 Å². The molecule has 0 saturated heterocycles. The van der Waals surface area contributed by atoms with Crippen molar-refractivity contribution in [1.82, 2.24) is 0 Å². The lowest BCUT2D eigenvalue weighted by Crippen LogP contribution is -1.96. The van der Waals surface area contributed by atoms with Gasteiger partial charge in [0.1, 0.15) is 0 Å². The Kier molecular flexibility index (Phi) is 30.4. The van der Waals surface area contributed by atoms with Crippen LogP contribution >= 0.6 is 0 Å². The molecule has 1 N–H and O–H groups in total. The highest BCUT2D eigenvalue weighted by Gasteiger charge is 2.00. The molecule has 0 aromatic heterocycles. The fourth-order valence-corrected chi connectivity index (χ4v) is 5.19. The highest BCUT2D eigenvalue weighted by Crippen LogP contribution is 2.15. The molecule has 0 aromatic carbocycles. The van der Waals surface area contributed by atoms with Crippen molar-refractivity contribution in [2.24, 2.45) is 0 Å². The molecule has 0 aromatic rings. The largest absolute Gasteiger partial charge is 0.310 e. The number of nitrogens with one attached hydrogen (secondary N) is 1. The quantitative estimate of drug-likeness (QED) is 0.0785. The number of hydrogen-bond acceptors (Lipinski definition) is 1. The topological polar surface area (TPSA) is 23.9 Å². The second-order valence-electron chi connectivity index (χ2n) is 11.3. The summed E-state index contributed by atoms with van der Waals surface area (Å²) in [6.45, 7) is 4.59. The Morgan fingerprint density at radius 1 is 0.294 bits per heavy atom. The summed E-state index contributed by atoms with van der Waals surface area (Å²) in [6, 6.07) is 0. The molecule has 34 heavy (non-hydrogen) atoms. The summed E-state index contributed by atoms with van der Waals surface area (Å²) >= 11 is 0. The predicted molar refractivity (Wildman–Crippen MR) is 158 cm³/mol. The van der Waals surface area contributed by atoms with E-state index in [1.54, 1.807) is 0 Å². The maximum atomic E-state index is 8.22. The molecule has 0 fully saturated rings. The van der Waals surface area contributed by atoms with Gasteiger partial charge in [0.05, 0.1) is 0 Å². The van der Waals surface area contributed by atoms with Gasteiger partial charge in [-0.05, 0) is 25.7 Å². The fraction of sp³-hybridized carbons (Fsp3) is 0.970. The molecule has 0 bridgehead atoms. The summed E-state index contributed by atoms with van der Waals surface area (Å²) in [5, 5.41) is 8.22. The van der Waals surface area contributed by atoms with Crippen molar-refractivity contribution in [2.45, 2.75) is 206 Å². The minimum Gasteiger partial charge on any atom is -0.310 e. The minimum atomic E-state index is 1.03. The van der Waals surface area contributed by atoms with E-state index in [9.17, 15) is 0 Å². The van der Waals surface area contributed by atoms with E-state index >= 15 is 0 Å². The van der Waals surface area contributed by atoms with Gasteiger partial charge in [0.2, 0.25) is 0 Å². The standard InChI is InChI=1S/C33H67N/c1-3-5-7-9-11-13-15-17-19-21-23-25-27-29-31-33(34)32-30-28-26-24-22-20-18-16-14-12-10-8-6-4-2/h34H,3-32H2,1-2H3. The van der Waals surface area contributed by atoms with Crippen LogP contribution in [0.25, 0.3) is 0 Å². The average Bonchev–Trinajstić information content (AvgIpc) is 2.84. The minimum absolute atomic E-state index is 1.03. The molecule has 0 saturated carbocycles. The van der Waals surface area contributed by atoms with E-state index < -0.39 is 0 Å². The van der Waals surface area contributed by atoms with Crippen molar-refractivity contribution in [3.63, 3.8) is 0 Å². The molecular formula is C33H67N. The Morgan fingerprint density at radius 3 is 0.676 bits per heavy atom. The zero-order chi connectivity index (χ0) is 24.8. The number of hydrogen-bond donors (Lipinski definition) is 1. The van der Waals surface area contributed by atoms with E-state index in [1.165, 1.54) is 180 Å². The van der Waals surface area contributed by atoms with Gasteiger partial charge in [-0.2, -0.15) is 0 Å². The second-order valence-corrected chi connectivity index (χ2v) is 11.3. The summed E-state index contributed by atoms with van der Waals surface area (Å²) in [6.07, 6.45) is 41.8. The van der Waals surface area contributed by atoms with E-state index in [0.29, 0.717) is 0 Å². The van der Waals surface area contributed by atoms with Gasteiger partial charge in [0.15, 0.2) is 0 Å². The second kappa shape index (κ2) is 30.7. The molecule has 0 rings (SSSR count). The van der Waals surface area contributed by atoms with Crippen molar-refractivity contribution in [2.75, 3.05) is 0 Å². The van der Waals surface area contributed by atoms with Gasteiger partial charge in [-0.25, -0.2) is 0 Å². The first-order chi connectivity index (χ1) is 16.8. The van der Waals surface area contributed by atoms with E-state index in [2.05, 4.69) is 13.8 Å². The van der Waals surface area contributed by atoms with E-state index in [1.807, 2.05) is 0 Å². The monoisotopic (exact) mass is 478 g/mol. The lowest BCUT2D eigenvalue weighted by molar-refractivity contribution is 0.535. The first kappa shape index (κ1) is 33.7. The average molecular weight is 478 g/mol. The number of rotatable bonds is 30. The molecule has 0 unspecified atom stereocenters. The molecule has 0 amide bonds. The summed E-state index contributed by atoms with van der Waals surface area (Å²) in [4.78, 5) is 0. The van der Waals surface area contributed by atoms with Crippen LogP contribution < -0.4 is 0 Å². The van der Waals surface area contributed by atoms with E-state index in [4.69, 9.17) is 5.41 Å². The molecule has 204 valence electrons. The van der Waals surface area contributed by atoms with Crippen LogP contribution in [0.4, 0.5) is 0 Å². The van der Waals surface area contributed by atoms with Crippen molar-refractivity contribution in [3.8, 4) is 0 Å². The van der Waals surface area contributed by atoms with Gasteiger partial charge >= 0.3 is 0 Å². The van der Waals surface area contributed by atoms with Gasteiger partial charge in [-0.15, -0.1) is 0 Å². The Balaban J connectivity index is 3.14. The van der Waals surface area contributed by atoms with Crippen molar-refractivity contribution in [1.29, 1.82) is 5.41 Å². The molecule has 0 atom stereocenters. The molecule has 0 aliphatic rings. The summed E-state index contributed by atoms with van der Waals surface area (Å²) in [7, 11) is 0. The van der Waals surface area contributed by atoms with Crippen molar-refractivity contribution in [3.05, 3.63) is 0 Å². The molecule has 0 radical (unpaired) electrons. The summed E-state index contributed by atoms with van der Waals surface area (Å²) in [5.41, 5.74) is 1.03. The smallest absolute Gasteiger partial charge is 0.00891 e. The van der Waals surface area contributed by atoms with Gasteiger partial charge in [0, 0.05) is 5.71 Å². The van der Waals surface area contributed by atoms with Crippen LogP contribution in [0.3, 0.4) is 0 Å². The van der Waals surface area contributed by atoms with Gasteiger partial charge < -0.3 is 5.41 Å². The zero-order valence-corrected chi connectivity index (χ0v) is 24.2. The maximum Gasteiger partial charge on any atom is 0.00891 e. The summed E-state index contributed by atoms with van der Waals surface area (Å²) < 4.78 is 0. The third kappa shape index (κ3) is 29.7. The Labute approximate surface area is 217 Å². The Bertz CT molecular complexity index is 341. The first-order valence-corrected chi connectivity index (χ1v) is 16.4. The molecule has 0 aliphatic heterocycles. The SMILES string of the molecule is CCCCCCCCCCCCCCCCC(=N)CCCCCCCCCCCCCCCC. The Morgan fingerprint density at radius 2 is 0.471 bits per heavy atom. The van der Waals surface area contributed by atoms with Crippen LogP contribution in [-0.4, -0.2) is 5.71 Å². The van der Waals surface area contributed by atoms with Crippen LogP contribution in [0.2, 0.25) is 0 Å². The van der Waals surface area contributed by atoms with Crippen molar-refractivity contribution < 1.29 is 0 Å². The van der Waals surface area contributed by atoms with E-state index in [-0.39, 0.29) is 0 Å². The number of unbranched alkanes of at least 4 members (excludes halogenated alkanes) is 26. The molecule has 1 heteroatoms. The molecule has 0 heterocycles. The highest BCUT2D eigenvalue weighted by atomic mass is 14.4. The molecule has 1 nitrogen and oxygen atoms in total. The van der Waals surface area contributed by atoms with Crippen LogP contribution in [0.1, 0.15) is 206 Å². The van der Waals surface area contributed by atoms with Crippen LogP contribution in [-0.2, 0) is 0 Å². The highest BCUT2D eigenvalue weighted by molar-refractivity contribution is 5.81. The predicted octanol–water partition coefficient (Wildman–Crippen LogP) is 12.7. The summed E-state index contributed by atoms with van der Waals surface area (Å²) in [5.74, 6) is 0. The van der Waals surface area contributed by atoms with E-state index in [0.717, 1.165) is 18.6 Å². The van der Waals surface area contributed by atoms with Gasteiger partial charge in [-0.1, -0.05) is 181 Å². The lowest BCUT2D eigenvalue weighted by atomic mass is 10.0.